The number of nitrogens with zero attached hydrogens (tertiary/aromatic N) is 4. The number of carbonyl (C=O) groups is 1. The maximum Gasteiger partial charge on any atom is 0.267 e. The number of aryl methyl sites for hydroxylation is 1. The van der Waals surface area contributed by atoms with E-state index in [2.05, 4.69) is 16.6 Å². The smallest absolute Gasteiger partial charge is 0.267 e. The minimum atomic E-state index is -0.0567. The minimum absolute atomic E-state index is 0.0567. The predicted octanol–water partition coefficient (Wildman–Crippen LogP) is 3.21. The Hall–Kier alpha value is -2.60. The number of hydrogen-bond acceptors (Lipinski definition) is 4. The van der Waals surface area contributed by atoms with Gasteiger partial charge in [0.25, 0.3) is 5.91 Å². The number of amidine groups is 1. The lowest BCUT2D eigenvalue weighted by Crippen LogP contribution is -2.29. The van der Waals surface area contributed by atoms with Crippen molar-refractivity contribution in [2.24, 2.45) is 12.0 Å². The lowest BCUT2D eigenvalue weighted by Gasteiger charge is -2.12. The van der Waals surface area contributed by atoms with Crippen molar-refractivity contribution in [3.63, 3.8) is 0 Å². The molecule has 23 heavy (non-hydrogen) atoms. The molecule has 0 radical (unpaired) electrons. The van der Waals surface area contributed by atoms with Crippen molar-refractivity contribution in [3.05, 3.63) is 66.1 Å². The highest BCUT2D eigenvalue weighted by atomic mass is 32.2. The van der Waals surface area contributed by atoms with Crippen molar-refractivity contribution < 1.29 is 4.79 Å². The van der Waals surface area contributed by atoms with Gasteiger partial charge in [-0.1, -0.05) is 6.08 Å². The quantitative estimate of drug-likeness (QED) is 0.641. The maximum atomic E-state index is 12.6. The number of thioether (sulfide) groups is 1. The fourth-order valence-electron chi connectivity index (χ4n) is 2.17. The zero-order valence-corrected chi connectivity index (χ0v) is 13.5. The summed E-state index contributed by atoms with van der Waals surface area (Å²) in [4.78, 5) is 23.5. The van der Waals surface area contributed by atoms with Crippen LogP contribution in [-0.2, 0) is 11.8 Å². The third-order valence-corrected chi connectivity index (χ3v) is 4.34. The fraction of sp³-hybridized carbons (Fsp3) is 0.118. The van der Waals surface area contributed by atoms with Gasteiger partial charge in [0.05, 0.1) is 16.8 Å². The van der Waals surface area contributed by atoms with Crippen molar-refractivity contribution in [1.82, 2.24) is 14.5 Å². The molecule has 6 heteroatoms. The first-order chi connectivity index (χ1) is 11.2. The molecule has 0 aromatic carbocycles. The summed E-state index contributed by atoms with van der Waals surface area (Å²) in [5, 5.41) is 0.642. The van der Waals surface area contributed by atoms with Gasteiger partial charge in [0.2, 0.25) is 0 Å². The van der Waals surface area contributed by atoms with Crippen LogP contribution in [-0.4, -0.2) is 32.1 Å². The van der Waals surface area contributed by atoms with Crippen molar-refractivity contribution in [2.45, 2.75) is 0 Å². The van der Waals surface area contributed by atoms with Crippen LogP contribution in [0.15, 0.2) is 65.4 Å². The molecule has 0 atom stereocenters. The van der Waals surface area contributed by atoms with Crippen molar-refractivity contribution in [1.29, 1.82) is 0 Å². The molecule has 1 fully saturated rings. The van der Waals surface area contributed by atoms with Crippen LogP contribution in [0.3, 0.4) is 0 Å². The Labute approximate surface area is 139 Å². The lowest BCUT2D eigenvalue weighted by molar-refractivity contribution is -0.121. The van der Waals surface area contributed by atoms with Gasteiger partial charge in [-0.25, -0.2) is 4.99 Å². The summed E-state index contributed by atoms with van der Waals surface area (Å²) in [5.74, 6) is -0.0567. The van der Waals surface area contributed by atoms with Gasteiger partial charge in [0.1, 0.15) is 0 Å². The monoisotopic (exact) mass is 324 g/mol. The molecule has 1 saturated heterocycles. The third-order valence-electron chi connectivity index (χ3n) is 3.33. The number of aliphatic imine (C=N–C) groups is 1. The summed E-state index contributed by atoms with van der Waals surface area (Å²) in [6.07, 6.45) is 8.89. The maximum absolute atomic E-state index is 12.6. The second kappa shape index (κ2) is 6.66. The average Bonchev–Trinajstić information content (AvgIpc) is 3.08. The molecule has 0 aliphatic carbocycles. The Balaban J connectivity index is 1.96. The summed E-state index contributed by atoms with van der Waals surface area (Å²) >= 11 is 1.37. The number of amides is 1. The molecule has 3 rings (SSSR count). The van der Waals surface area contributed by atoms with E-state index >= 15 is 0 Å². The van der Waals surface area contributed by atoms with Crippen LogP contribution in [0.5, 0.6) is 0 Å². The second-order valence-electron chi connectivity index (χ2n) is 4.96. The van der Waals surface area contributed by atoms with Crippen LogP contribution in [0, 0.1) is 0 Å². The Morgan fingerprint density at radius 1 is 1.39 bits per heavy atom. The van der Waals surface area contributed by atoms with Gasteiger partial charge in [-0.05, 0) is 42.1 Å². The summed E-state index contributed by atoms with van der Waals surface area (Å²) in [5.41, 5.74) is 1.69. The fourth-order valence-corrected chi connectivity index (χ4v) is 3.16. The number of carbonyl (C=O) groups excluding carboxylic acids is 1. The predicted molar refractivity (Wildman–Crippen MR) is 94.2 cm³/mol. The Morgan fingerprint density at radius 2 is 2.26 bits per heavy atom. The molecule has 0 N–H and O–H groups in total. The zero-order valence-electron chi connectivity index (χ0n) is 12.7. The Bertz CT molecular complexity index is 792. The van der Waals surface area contributed by atoms with Crippen LogP contribution in [0.4, 0.5) is 5.69 Å². The molecule has 3 heterocycles. The molecular formula is C17H16N4OS. The summed E-state index contributed by atoms with van der Waals surface area (Å²) in [6, 6.07) is 7.59. The standard InChI is InChI=1S/C17H16N4OS/c1-3-9-21-16(22)15(11-14-7-5-10-20(14)2)23-17(21)19-13-6-4-8-18-12-13/h3-8,10-12H,1,9H2,2H3/b15-11+,19-17?. The van der Waals surface area contributed by atoms with E-state index in [1.54, 1.807) is 23.4 Å². The largest absolute Gasteiger partial charge is 0.351 e. The molecule has 0 bridgehead atoms. The van der Waals surface area contributed by atoms with Crippen LogP contribution in [0.2, 0.25) is 0 Å². The van der Waals surface area contributed by atoms with Gasteiger partial charge in [0.15, 0.2) is 5.17 Å². The molecule has 1 aliphatic heterocycles. The highest BCUT2D eigenvalue weighted by Gasteiger charge is 2.32. The number of pyridine rings is 1. The lowest BCUT2D eigenvalue weighted by atomic mass is 10.3. The normalized spacial score (nSPS) is 18.1. The van der Waals surface area contributed by atoms with Crippen molar-refractivity contribution in [3.8, 4) is 0 Å². The van der Waals surface area contributed by atoms with E-state index in [1.165, 1.54) is 11.8 Å². The molecule has 1 aliphatic rings. The highest BCUT2D eigenvalue weighted by molar-refractivity contribution is 8.18. The van der Waals surface area contributed by atoms with E-state index in [1.807, 2.05) is 48.2 Å². The van der Waals surface area contributed by atoms with Gasteiger partial charge in [0, 0.05) is 31.7 Å². The van der Waals surface area contributed by atoms with Gasteiger partial charge in [-0.3, -0.25) is 14.7 Å². The summed E-state index contributed by atoms with van der Waals surface area (Å²) < 4.78 is 1.97. The molecule has 0 spiro atoms. The summed E-state index contributed by atoms with van der Waals surface area (Å²) in [7, 11) is 1.95. The Kier molecular flexibility index (Phi) is 4.43. The molecule has 1 amide bonds. The minimum Gasteiger partial charge on any atom is -0.351 e. The molecule has 2 aromatic heterocycles. The molecular weight excluding hydrogens is 308 g/mol. The molecule has 5 nitrogen and oxygen atoms in total. The topological polar surface area (TPSA) is 50.5 Å². The van der Waals surface area contributed by atoms with Crippen molar-refractivity contribution >= 4 is 34.6 Å². The number of rotatable bonds is 4. The van der Waals surface area contributed by atoms with Crippen LogP contribution in [0.25, 0.3) is 6.08 Å². The van der Waals surface area contributed by atoms with E-state index < -0.39 is 0 Å². The number of aromatic nitrogens is 2. The van der Waals surface area contributed by atoms with Crippen molar-refractivity contribution in [2.75, 3.05) is 6.54 Å². The highest BCUT2D eigenvalue weighted by Crippen LogP contribution is 2.33. The first kappa shape index (κ1) is 15.3. The van der Waals surface area contributed by atoms with Gasteiger partial charge >= 0.3 is 0 Å². The molecule has 2 aromatic rings. The second-order valence-corrected chi connectivity index (χ2v) is 5.97. The van der Waals surface area contributed by atoms with Gasteiger partial charge < -0.3 is 4.57 Å². The van der Waals surface area contributed by atoms with Crippen LogP contribution in [0.1, 0.15) is 5.69 Å². The van der Waals surface area contributed by atoms with E-state index in [9.17, 15) is 4.79 Å². The van der Waals surface area contributed by atoms with Crippen LogP contribution >= 0.6 is 11.8 Å². The molecule has 116 valence electrons. The van der Waals surface area contributed by atoms with E-state index in [-0.39, 0.29) is 5.91 Å². The first-order valence-corrected chi connectivity index (χ1v) is 7.93. The number of hydrogen-bond donors (Lipinski definition) is 0. The average molecular weight is 324 g/mol. The van der Waals surface area contributed by atoms with E-state index in [0.717, 1.165) is 11.4 Å². The van der Waals surface area contributed by atoms with Crippen LogP contribution < -0.4 is 0 Å². The molecule has 0 unspecified atom stereocenters. The summed E-state index contributed by atoms with van der Waals surface area (Å²) in [6.45, 7) is 4.15. The third kappa shape index (κ3) is 3.27. The Morgan fingerprint density at radius 3 is 2.91 bits per heavy atom. The van der Waals surface area contributed by atoms with E-state index in [4.69, 9.17) is 0 Å². The SMILES string of the molecule is C=CCN1C(=O)/C(=C\c2cccn2C)SC1=Nc1cccnc1. The van der Waals surface area contributed by atoms with E-state index in [0.29, 0.717) is 16.6 Å². The first-order valence-electron chi connectivity index (χ1n) is 7.11. The van der Waals surface area contributed by atoms with Gasteiger partial charge in [-0.15, -0.1) is 6.58 Å². The van der Waals surface area contributed by atoms with Gasteiger partial charge in [-0.2, -0.15) is 0 Å². The zero-order chi connectivity index (χ0) is 16.2. The molecule has 0 saturated carbocycles.